The van der Waals surface area contributed by atoms with Crippen molar-refractivity contribution in [3.63, 3.8) is 0 Å². The van der Waals surface area contributed by atoms with Crippen LogP contribution in [-0.2, 0) is 6.54 Å². The van der Waals surface area contributed by atoms with Crippen LogP contribution in [0.3, 0.4) is 0 Å². The molecule has 0 unspecified atom stereocenters. The number of aromatic nitrogens is 2. The molecule has 1 aromatic carbocycles. The minimum absolute atomic E-state index is 0.308. The molecule has 0 saturated heterocycles. The summed E-state index contributed by atoms with van der Waals surface area (Å²) in [5.41, 5.74) is 0.843. The minimum Gasteiger partial charge on any atom is -0.328 e. The molecule has 19 heavy (non-hydrogen) atoms. The number of halogens is 2. The second-order valence-corrected chi connectivity index (χ2v) is 5.71. The Morgan fingerprint density at radius 1 is 1.21 bits per heavy atom. The lowest BCUT2D eigenvalue weighted by Gasteiger charge is -2.22. The lowest BCUT2D eigenvalue weighted by molar-refractivity contribution is 0.321. The molecule has 0 aliphatic heterocycles. The Balaban J connectivity index is 2.02. The van der Waals surface area contributed by atoms with Crippen molar-refractivity contribution >= 4 is 23.3 Å². The van der Waals surface area contributed by atoms with Crippen molar-refractivity contribution in [3.05, 3.63) is 28.5 Å². The van der Waals surface area contributed by atoms with E-state index in [1.54, 1.807) is 0 Å². The summed E-state index contributed by atoms with van der Waals surface area (Å²) in [5, 5.41) is 0. The molecule has 1 aromatic heterocycles. The molecule has 1 aliphatic rings. The van der Waals surface area contributed by atoms with Crippen LogP contribution in [0.4, 0.5) is 8.78 Å². The summed E-state index contributed by atoms with van der Waals surface area (Å²) in [7, 11) is 0. The average molecular weight is 282 g/mol. The van der Waals surface area contributed by atoms with E-state index in [-0.39, 0.29) is 0 Å². The van der Waals surface area contributed by atoms with Gasteiger partial charge in [0.05, 0.1) is 5.52 Å². The van der Waals surface area contributed by atoms with Gasteiger partial charge in [-0.1, -0.05) is 19.3 Å². The average Bonchev–Trinajstić information content (AvgIpc) is 2.69. The molecule has 5 heteroatoms. The number of fused-ring (bicyclic) bond motifs is 1. The van der Waals surface area contributed by atoms with Crippen molar-refractivity contribution in [1.82, 2.24) is 9.55 Å². The molecule has 2 nitrogen and oxygen atoms in total. The number of imidazole rings is 1. The van der Waals surface area contributed by atoms with E-state index in [9.17, 15) is 8.78 Å². The first kappa shape index (κ1) is 12.8. The third-order valence-electron chi connectivity index (χ3n) is 3.97. The van der Waals surface area contributed by atoms with Gasteiger partial charge in [-0.3, -0.25) is 0 Å². The number of hydrogen-bond donors (Lipinski definition) is 1. The van der Waals surface area contributed by atoms with Crippen LogP contribution < -0.4 is 0 Å². The van der Waals surface area contributed by atoms with Gasteiger partial charge in [0.1, 0.15) is 11.3 Å². The maximum absolute atomic E-state index is 13.7. The molecule has 1 saturated carbocycles. The van der Waals surface area contributed by atoms with Crippen molar-refractivity contribution in [2.75, 3.05) is 0 Å². The van der Waals surface area contributed by atoms with Crippen LogP contribution in [0.25, 0.3) is 11.0 Å². The zero-order valence-corrected chi connectivity index (χ0v) is 11.4. The molecule has 2 aromatic rings. The van der Waals surface area contributed by atoms with Gasteiger partial charge in [0.25, 0.3) is 0 Å². The van der Waals surface area contributed by atoms with Gasteiger partial charge in [0.15, 0.2) is 10.6 Å². The number of aromatic amines is 1. The predicted molar refractivity (Wildman–Crippen MR) is 73.6 cm³/mol. The van der Waals surface area contributed by atoms with E-state index in [0.717, 1.165) is 12.6 Å². The van der Waals surface area contributed by atoms with Gasteiger partial charge in [0.2, 0.25) is 0 Å². The normalized spacial score (nSPS) is 17.2. The van der Waals surface area contributed by atoms with Gasteiger partial charge < -0.3 is 9.55 Å². The Morgan fingerprint density at radius 3 is 2.68 bits per heavy atom. The summed E-state index contributed by atoms with van der Waals surface area (Å²) in [6.07, 6.45) is 6.11. The fraction of sp³-hybridized carbons (Fsp3) is 0.500. The van der Waals surface area contributed by atoms with Gasteiger partial charge in [-0.2, -0.15) is 0 Å². The van der Waals surface area contributed by atoms with Crippen LogP contribution in [0.5, 0.6) is 0 Å². The first-order valence-corrected chi connectivity index (χ1v) is 7.13. The van der Waals surface area contributed by atoms with Crippen LogP contribution in [0.1, 0.15) is 32.1 Å². The molecule has 102 valence electrons. The minimum atomic E-state index is -0.580. The van der Waals surface area contributed by atoms with E-state index in [1.165, 1.54) is 38.2 Å². The molecule has 0 amide bonds. The Hall–Kier alpha value is -1.23. The predicted octanol–water partition coefficient (Wildman–Crippen LogP) is 4.56. The van der Waals surface area contributed by atoms with E-state index in [4.69, 9.17) is 12.2 Å². The van der Waals surface area contributed by atoms with Crippen molar-refractivity contribution in [2.24, 2.45) is 5.92 Å². The number of rotatable bonds is 2. The molecular formula is C14H16F2N2S. The fourth-order valence-electron chi connectivity index (χ4n) is 2.99. The Kier molecular flexibility index (Phi) is 3.39. The summed E-state index contributed by atoms with van der Waals surface area (Å²) in [4.78, 5) is 2.85. The topological polar surface area (TPSA) is 20.7 Å². The van der Waals surface area contributed by atoms with Crippen LogP contribution in [-0.4, -0.2) is 9.55 Å². The molecule has 1 N–H and O–H groups in total. The Morgan fingerprint density at radius 2 is 1.95 bits per heavy atom. The smallest absolute Gasteiger partial charge is 0.178 e. The highest BCUT2D eigenvalue weighted by Gasteiger charge is 2.17. The van der Waals surface area contributed by atoms with E-state index in [0.29, 0.717) is 21.7 Å². The quantitative estimate of drug-likeness (QED) is 0.801. The summed E-state index contributed by atoms with van der Waals surface area (Å²) >= 11 is 5.24. The fourth-order valence-corrected chi connectivity index (χ4v) is 3.26. The highest BCUT2D eigenvalue weighted by atomic mass is 32.1. The first-order valence-electron chi connectivity index (χ1n) is 6.72. The lowest BCUT2D eigenvalue weighted by atomic mass is 9.89. The molecule has 1 aliphatic carbocycles. The summed E-state index contributed by atoms with van der Waals surface area (Å²) in [5.74, 6) is -0.578. The lowest BCUT2D eigenvalue weighted by Crippen LogP contribution is -2.14. The number of H-pyrrole nitrogens is 1. The second-order valence-electron chi connectivity index (χ2n) is 5.33. The van der Waals surface area contributed by atoms with Gasteiger partial charge >= 0.3 is 0 Å². The number of benzene rings is 1. The van der Waals surface area contributed by atoms with E-state index in [2.05, 4.69) is 4.98 Å². The maximum atomic E-state index is 13.7. The summed E-state index contributed by atoms with van der Waals surface area (Å²) in [6.45, 7) is 0.752. The third kappa shape index (κ3) is 2.43. The zero-order valence-electron chi connectivity index (χ0n) is 10.6. The van der Waals surface area contributed by atoms with Gasteiger partial charge in [-0.05, 0) is 37.0 Å². The van der Waals surface area contributed by atoms with Crippen molar-refractivity contribution in [1.29, 1.82) is 0 Å². The van der Waals surface area contributed by atoms with Crippen molar-refractivity contribution in [3.8, 4) is 0 Å². The van der Waals surface area contributed by atoms with E-state index in [1.807, 2.05) is 4.57 Å². The van der Waals surface area contributed by atoms with Gasteiger partial charge in [0, 0.05) is 12.6 Å². The van der Waals surface area contributed by atoms with E-state index >= 15 is 0 Å². The second kappa shape index (κ2) is 5.04. The molecule has 0 spiro atoms. The molecule has 1 heterocycles. The van der Waals surface area contributed by atoms with Crippen LogP contribution in [0.15, 0.2) is 12.1 Å². The number of hydrogen-bond acceptors (Lipinski definition) is 1. The van der Waals surface area contributed by atoms with Crippen LogP contribution in [0.2, 0.25) is 0 Å². The zero-order chi connectivity index (χ0) is 13.4. The third-order valence-corrected chi connectivity index (χ3v) is 4.29. The summed E-state index contributed by atoms with van der Waals surface area (Å²) < 4.78 is 29.4. The molecule has 3 rings (SSSR count). The monoisotopic (exact) mass is 282 g/mol. The SMILES string of the molecule is Fc1cc(F)c2[nH]c(=S)n(CC3CCCCC3)c2c1. The van der Waals surface area contributed by atoms with Gasteiger partial charge in [-0.15, -0.1) is 0 Å². The Labute approximate surface area is 115 Å². The first-order chi connectivity index (χ1) is 9.15. The standard InChI is InChI=1S/C14H16F2N2S/c15-10-6-11(16)13-12(7-10)18(14(19)17-13)8-9-4-2-1-3-5-9/h6-7,9H,1-5,8H2,(H,17,19). The van der Waals surface area contributed by atoms with Crippen LogP contribution >= 0.6 is 12.2 Å². The van der Waals surface area contributed by atoms with Crippen LogP contribution in [0, 0.1) is 22.3 Å². The molecule has 0 atom stereocenters. The largest absolute Gasteiger partial charge is 0.328 e. The maximum Gasteiger partial charge on any atom is 0.178 e. The molecular weight excluding hydrogens is 266 g/mol. The van der Waals surface area contributed by atoms with E-state index < -0.39 is 11.6 Å². The molecule has 1 fully saturated rings. The highest BCUT2D eigenvalue weighted by molar-refractivity contribution is 7.71. The van der Waals surface area contributed by atoms with Gasteiger partial charge in [-0.25, -0.2) is 8.78 Å². The highest BCUT2D eigenvalue weighted by Crippen LogP contribution is 2.27. The molecule has 0 bridgehead atoms. The van der Waals surface area contributed by atoms with Crippen molar-refractivity contribution in [2.45, 2.75) is 38.6 Å². The summed E-state index contributed by atoms with van der Waals surface area (Å²) in [6, 6.07) is 2.24. The Bertz CT molecular complexity index is 653. The van der Waals surface area contributed by atoms with Crippen molar-refractivity contribution < 1.29 is 8.78 Å². The number of nitrogens with one attached hydrogen (secondary N) is 1. The number of nitrogens with zero attached hydrogens (tertiary/aromatic N) is 1. The molecule has 0 radical (unpaired) electrons.